The second-order valence-electron chi connectivity index (χ2n) is 31.0. The van der Waals surface area contributed by atoms with E-state index in [9.17, 15) is 51.7 Å². The lowest BCUT2D eigenvalue weighted by Gasteiger charge is -2.22. The molecule has 131 heavy (non-hydrogen) atoms. The molecule has 25 nitrogen and oxygen atoms in total. The Labute approximate surface area is 785 Å². The summed E-state index contributed by atoms with van der Waals surface area (Å²) < 4.78 is 83.5. The highest BCUT2D eigenvalue weighted by Crippen LogP contribution is 2.31. The molecule has 0 saturated carbocycles. The van der Waals surface area contributed by atoms with Crippen molar-refractivity contribution >= 4 is 46.4 Å². The van der Waals surface area contributed by atoms with Gasteiger partial charge < -0.3 is 100 Å². The van der Waals surface area contributed by atoms with Crippen molar-refractivity contribution in [1.82, 2.24) is 40.4 Å². The molecule has 2 unspecified atom stereocenters. The molecule has 0 aromatic heterocycles. The third-order valence-electron chi connectivity index (χ3n) is 20.2. The first-order chi connectivity index (χ1) is 63.6. The average Bonchev–Trinajstić information content (AvgIpc) is 1.67. The summed E-state index contributed by atoms with van der Waals surface area (Å²) in [6.45, 7) is 32.6. The number of nitrogens with zero attached hydrogens (tertiary/aromatic N) is 5. The summed E-state index contributed by atoms with van der Waals surface area (Å²) in [5.74, 6) is 0. The second-order valence-corrected chi connectivity index (χ2v) is 31.8. The second kappa shape index (κ2) is 78.0. The minimum Gasteiger partial charge on any atom is -0.445 e. The van der Waals surface area contributed by atoms with Gasteiger partial charge in [0.1, 0.15) is 69.9 Å². The highest BCUT2D eigenvalue weighted by molar-refractivity contribution is 9.09. The SMILES string of the molecule is C=CCCCBr.C=CCCCN(CC=C)C(=O)OCc1ccccc1.C=CCCCNCC=C.C=CCN.CO.O=C(OCc1ccccc1)N1CC=CCCC1.O=C(OCc1ccccc1)N1CCCC2OC2C1.O=C(OCc1ccccc1)N1CCC[C@@H](F)[C@H](O)C1.O=C(OCc1ccccc1)N1CCC[C@@H](O)[C@H](F)C1.O[C@@H]1CCCNC[C@H]1F.O[C@@H]1CNCCC[C@H]1F. The standard InChI is InChI=1S/C16H21NO2.2C14H18FNO3.C14H17NO3.C14H17NO2.C8H15N.2C6H12FNO.C5H9Br.C3H7N.CH4O/c1-3-5-9-13-17(12-4-2)16(18)19-14-15-10-7-6-8-11-15;15-12-9-16(8-4-7-13(12)17)14(18)19-10-11-5-2-1-3-6-11;15-12-7-4-8-16(9-13(12)17)14(18)19-10-11-5-2-1-3-6-11;16-14(17-10-11-5-2-1-3-6-11)15-8-4-7-12-13(9-15)18-12;16-14(15-10-6-1-2-7-11-15)17-12-13-8-4-3-5-9-13;1-3-5-6-8-9-7-4-2;7-5-4-8-3-1-2-6(5)9;7-5-2-1-3-8-4-6(5)9;1-2-3-4-5-6;1-2-3-4;1-2/h3-4,6-8,10-11H,1-2,5,9,12-14H2;2*1-3,5-6,12-13,17H,4,7-10H2;1-3,5-6,12-13H,4,7-10H2;1,3-6,8-9H,2,7,10-12H2;3-4,9H,1-2,5-8H2;2*5-6,8-9H,1-4H2;2H,1,3-5H2;2H,1,3-4H2;2H,1H3/t;2*12-,13-;;;;2*5-,6-;;;/m.11...11.../s1. The number of amides is 5. The molecule has 7 aliphatic rings. The van der Waals surface area contributed by atoms with Crippen LogP contribution in [0.1, 0.15) is 143 Å². The number of ether oxygens (including phenoxy) is 6. The number of unbranched alkanes of at least 4 members (excludes halogenated alkanes) is 3. The highest BCUT2D eigenvalue weighted by Gasteiger charge is 2.43. The molecule has 5 amide bonds. The van der Waals surface area contributed by atoms with Crippen LogP contribution in [-0.2, 0) is 61.5 Å². The summed E-state index contributed by atoms with van der Waals surface area (Å²) in [6.07, 6.45) is 20.7. The molecule has 5 aromatic rings. The molecule has 0 aliphatic carbocycles. The minimum atomic E-state index is -1.40. The Morgan fingerprint density at radius 3 is 1.34 bits per heavy atom. The van der Waals surface area contributed by atoms with Crippen LogP contribution in [-0.4, -0.2) is 266 Å². The number of hydrogen-bond acceptors (Lipinski definition) is 20. The highest BCUT2D eigenvalue weighted by atomic mass is 79.9. The van der Waals surface area contributed by atoms with E-state index >= 15 is 0 Å². The third-order valence-corrected chi connectivity index (χ3v) is 20.8. The number of carbonyl (C=O) groups excluding carboxylic acids is 5. The van der Waals surface area contributed by atoms with E-state index < -0.39 is 61.3 Å². The Bertz CT molecular complexity index is 3670. The van der Waals surface area contributed by atoms with E-state index in [4.69, 9.17) is 49.5 Å². The molecule has 0 spiro atoms. The number of hydrogen-bond donors (Lipinski definition) is 9. The molecule has 5 aromatic carbocycles. The van der Waals surface area contributed by atoms with Crippen molar-refractivity contribution in [3.63, 3.8) is 0 Å². The van der Waals surface area contributed by atoms with Gasteiger partial charge in [-0.2, -0.15) is 0 Å². The van der Waals surface area contributed by atoms with Gasteiger partial charge in [-0.25, -0.2) is 41.5 Å². The van der Waals surface area contributed by atoms with Crippen molar-refractivity contribution < 1.29 is 95.5 Å². The normalized spacial score (nSPS) is 20.3. The number of fused-ring (bicyclic) bond motifs is 1. The van der Waals surface area contributed by atoms with E-state index in [-0.39, 0.29) is 57.1 Å². The molecular formula is C101H150BrF4N9O16. The molecule has 30 heteroatoms. The number of alkyl halides is 5. The number of rotatable bonds is 26. The number of aliphatic hydroxyl groups excluding tert-OH is 5. The fourth-order valence-electron chi connectivity index (χ4n) is 12.7. The minimum absolute atomic E-state index is 0.00517. The van der Waals surface area contributed by atoms with Crippen LogP contribution in [0.4, 0.5) is 41.5 Å². The molecule has 6 saturated heterocycles. The molecule has 0 bridgehead atoms. The van der Waals surface area contributed by atoms with E-state index in [0.29, 0.717) is 117 Å². The smallest absolute Gasteiger partial charge is 0.410 e. The van der Waals surface area contributed by atoms with Gasteiger partial charge in [0.25, 0.3) is 0 Å². The number of β-amino-alcohol motifs (C(OH)–C–C–N with tert-alkyl or cyclic N) is 2. The van der Waals surface area contributed by atoms with Gasteiger partial charge in [-0.3, -0.25) is 0 Å². The Morgan fingerprint density at radius 2 is 0.863 bits per heavy atom. The van der Waals surface area contributed by atoms with Crippen LogP contribution in [0.3, 0.4) is 0 Å². The van der Waals surface area contributed by atoms with Gasteiger partial charge in [0, 0.05) is 84.4 Å². The van der Waals surface area contributed by atoms with Crippen molar-refractivity contribution in [1.29, 1.82) is 0 Å². The van der Waals surface area contributed by atoms with Gasteiger partial charge in [0.05, 0.1) is 44.1 Å². The van der Waals surface area contributed by atoms with E-state index in [1.807, 2.05) is 182 Å². The summed E-state index contributed by atoms with van der Waals surface area (Å²) >= 11 is 3.30. The van der Waals surface area contributed by atoms with E-state index in [0.717, 1.165) is 144 Å². The zero-order chi connectivity index (χ0) is 96.1. The zero-order valence-electron chi connectivity index (χ0n) is 77.0. The number of likely N-dealkylation sites (tertiary alicyclic amines) is 3. The first-order valence-electron chi connectivity index (χ1n) is 45.5. The maximum absolute atomic E-state index is 13.5. The van der Waals surface area contributed by atoms with Crippen molar-refractivity contribution in [3.05, 3.63) is 268 Å². The Hall–Kier alpha value is -9.57. The third kappa shape index (κ3) is 58.2. The van der Waals surface area contributed by atoms with E-state index in [1.54, 1.807) is 26.9 Å². The maximum atomic E-state index is 13.5. The lowest BCUT2D eigenvalue weighted by atomic mass is 10.1. The molecular weight excluding hydrogens is 1750 g/mol. The largest absolute Gasteiger partial charge is 0.445 e. The Morgan fingerprint density at radius 1 is 0.458 bits per heavy atom. The molecule has 0 radical (unpaired) electrons. The van der Waals surface area contributed by atoms with Crippen LogP contribution in [0.25, 0.3) is 0 Å². The number of nitrogens with two attached hydrogens (primary N) is 1. The fourth-order valence-corrected chi connectivity index (χ4v) is 13.1. The van der Waals surface area contributed by atoms with E-state index in [1.165, 1.54) is 22.6 Å². The van der Waals surface area contributed by atoms with Crippen LogP contribution in [0.15, 0.2) is 240 Å². The molecule has 10 atom stereocenters. The summed E-state index contributed by atoms with van der Waals surface area (Å²) in [4.78, 5) is 67.2. The number of nitrogens with one attached hydrogen (secondary N) is 3. The zero-order valence-corrected chi connectivity index (χ0v) is 78.6. The molecule has 7 heterocycles. The Balaban J connectivity index is 0.000000504. The number of carbonyl (C=O) groups is 5. The molecule has 730 valence electrons. The van der Waals surface area contributed by atoms with Crippen molar-refractivity contribution in [2.45, 2.75) is 210 Å². The topological polar surface area (TPSA) is 323 Å². The van der Waals surface area contributed by atoms with Crippen LogP contribution in [0.5, 0.6) is 0 Å². The predicted molar refractivity (Wildman–Crippen MR) is 516 cm³/mol. The molecule has 7 aliphatic heterocycles. The van der Waals surface area contributed by atoms with E-state index in [2.05, 4.69) is 77.4 Å². The van der Waals surface area contributed by atoms with Crippen LogP contribution >= 0.6 is 15.9 Å². The molecule has 6 fully saturated rings. The lowest BCUT2D eigenvalue weighted by molar-refractivity contribution is 0.0461. The number of aliphatic hydroxyl groups is 5. The number of halogens is 5. The van der Waals surface area contributed by atoms with Crippen molar-refractivity contribution in [2.24, 2.45) is 5.73 Å². The van der Waals surface area contributed by atoms with Gasteiger partial charge in [-0.1, -0.05) is 216 Å². The summed E-state index contributed by atoms with van der Waals surface area (Å²) in [5, 5.41) is 53.9. The van der Waals surface area contributed by atoms with Crippen LogP contribution < -0.4 is 21.7 Å². The van der Waals surface area contributed by atoms with Crippen LogP contribution in [0.2, 0.25) is 0 Å². The quantitative estimate of drug-likeness (QED) is 0.00620. The number of epoxide rings is 1. The summed E-state index contributed by atoms with van der Waals surface area (Å²) in [7, 11) is 1.00. The fraction of sp³-hybridized carbons (Fsp3) is 0.515. The van der Waals surface area contributed by atoms with Gasteiger partial charge in [-0.05, 0) is 163 Å². The Kier molecular flexibility index (Phi) is 69.9. The molecule has 10 N–H and O–H groups in total. The van der Waals surface area contributed by atoms with Crippen molar-refractivity contribution in [2.75, 3.05) is 124 Å². The average molecular weight is 1900 g/mol. The predicted octanol–water partition coefficient (Wildman–Crippen LogP) is 17.1. The summed E-state index contributed by atoms with van der Waals surface area (Å²) in [5.41, 5.74) is 9.72. The van der Waals surface area contributed by atoms with Gasteiger partial charge >= 0.3 is 30.5 Å². The van der Waals surface area contributed by atoms with Gasteiger partial charge in [-0.15, -0.1) is 39.5 Å². The first-order valence-corrected chi connectivity index (χ1v) is 46.6. The maximum Gasteiger partial charge on any atom is 0.410 e. The van der Waals surface area contributed by atoms with Crippen LogP contribution in [0, 0.1) is 0 Å². The number of allylic oxidation sites excluding steroid dienone is 4. The summed E-state index contributed by atoms with van der Waals surface area (Å²) in [6, 6.07) is 47.8. The number of benzene rings is 5. The monoisotopic (exact) mass is 1900 g/mol. The first kappa shape index (κ1) is 117. The van der Waals surface area contributed by atoms with Gasteiger partial charge in [0.2, 0.25) is 0 Å². The lowest BCUT2D eigenvalue weighted by Crippen LogP contribution is -2.38. The van der Waals surface area contributed by atoms with Crippen molar-refractivity contribution in [3.8, 4) is 0 Å². The van der Waals surface area contributed by atoms with Gasteiger partial charge in [0.15, 0.2) is 0 Å². The molecule has 12 rings (SSSR count).